The zero-order valence-corrected chi connectivity index (χ0v) is 12.7. The molecular formula is C16H28N2O. The van der Waals surface area contributed by atoms with E-state index in [1.807, 2.05) is 19.1 Å². The average molecular weight is 264 g/mol. The second-order valence-electron chi connectivity index (χ2n) is 5.20. The lowest BCUT2D eigenvalue weighted by molar-refractivity contribution is 0.209. The van der Waals surface area contributed by atoms with Crippen molar-refractivity contribution < 1.29 is 4.74 Å². The molecule has 2 N–H and O–H groups in total. The summed E-state index contributed by atoms with van der Waals surface area (Å²) in [6, 6.07) is 8.73. The minimum atomic E-state index is 0.0598. The molecule has 1 rings (SSSR count). The third-order valence-corrected chi connectivity index (χ3v) is 3.29. The monoisotopic (exact) mass is 264 g/mol. The minimum absolute atomic E-state index is 0.0598. The van der Waals surface area contributed by atoms with E-state index in [0.29, 0.717) is 12.6 Å². The Morgan fingerprint density at radius 3 is 2.26 bits per heavy atom. The van der Waals surface area contributed by atoms with E-state index in [9.17, 15) is 0 Å². The van der Waals surface area contributed by atoms with E-state index in [1.54, 1.807) is 0 Å². The molecule has 3 nitrogen and oxygen atoms in total. The van der Waals surface area contributed by atoms with Gasteiger partial charge in [-0.1, -0.05) is 19.1 Å². The van der Waals surface area contributed by atoms with Gasteiger partial charge in [-0.15, -0.1) is 0 Å². The first-order valence-electron chi connectivity index (χ1n) is 7.30. The summed E-state index contributed by atoms with van der Waals surface area (Å²) in [4.78, 5) is 2.43. The van der Waals surface area contributed by atoms with Crippen LogP contribution in [-0.2, 0) is 0 Å². The lowest BCUT2D eigenvalue weighted by Gasteiger charge is -2.29. The molecule has 0 aliphatic rings. The number of nitrogens with zero attached hydrogens (tertiary/aromatic N) is 1. The summed E-state index contributed by atoms with van der Waals surface area (Å²) >= 11 is 0. The molecule has 108 valence electrons. The van der Waals surface area contributed by atoms with Gasteiger partial charge < -0.3 is 10.5 Å². The van der Waals surface area contributed by atoms with Crippen molar-refractivity contribution in [3.63, 3.8) is 0 Å². The molecule has 1 aromatic rings. The molecule has 19 heavy (non-hydrogen) atoms. The van der Waals surface area contributed by atoms with Gasteiger partial charge in [-0.05, 0) is 51.4 Å². The summed E-state index contributed by atoms with van der Waals surface area (Å²) in [5, 5.41) is 0. The zero-order chi connectivity index (χ0) is 14.3. The van der Waals surface area contributed by atoms with Crippen LogP contribution in [0.5, 0.6) is 5.75 Å². The maximum Gasteiger partial charge on any atom is 0.119 e. The molecule has 0 spiro atoms. The molecule has 3 heteroatoms. The van der Waals surface area contributed by atoms with Crippen LogP contribution in [0.2, 0.25) is 0 Å². The Balaban J connectivity index is 2.63. The Kier molecular flexibility index (Phi) is 6.89. The highest BCUT2D eigenvalue weighted by Gasteiger charge is 2.14. The predicted octanol–water partition coefficient (Wildman–Crippen LogP) is 3.21. The van der Waals surface area contributed by atoms with Crippen LogP contribution < -0.4 is 10.5 Å². The number of benzene rings is 1. The molecule has 0 radical (unpaired) electrons. The maximum atomic E-state index is 6.31. The van der Waals surface area contributed by atoms with Gasteiger partial charge in [0.05, 0.1) is 6.61 Å². The molecule has 0 fully saturated rings. The highest BCUT2D eigenvalue weighted by Crippen LogP contribution is 2.18. The zero-order valence-electron chi connectivity index (χ0n) is 12.7. The summed E-state index contributed by atoms with van der Waals surface area (Å²) in [5.41, 5.74) is 7.48. The molecule has 0 bridgehead atoms. The van der Waals surface area contributed by atoms with Crippen LogP contribution in [-0.4, -0.2) is 30.6 Å². The fourth-order valence-electron chi connectivity index (χ4n) is 2.18. The van der Waals surface area contributed by atoms with Gasteiger partial charge in [-0.2, -0.15) is 0 Å². The van der Waals surface area contributed by atoms with Crippen LogP contribution in [0, 0.1) is 0 Å². The Labute approximate surface area is 117 Å². The summed E-state index contributed by atoms with van der Waals surface area (Å²) < 4.78 is 5.45. The van der Waals surface area contributed by atoms with Crippen LogP contribution >= 0.6 is 0 Å². The average Bonchev–Trinajstić information content (AvgIpc) is 2.39. The van der Waals surface area contributed by atoms with Crippen molar-refractivity contribution in [3.8, 4) is 5.75 Å². The van der Waals surface area contributed by atoms with Crippen LogP contribution in [0.1, 0.15) is 45.7 Å². The van der Waals surface area contributed by atoms with E-state index in [0.717, 1.165) is 25.3 Å². The smallest absolute Gasteiger partial charge is 0.119 e. The third kappa shape index (κ3) is 5.21. The number of nitrogens with two attached hydrogens (primary N) is 1. The number of hydrogen-bond donors (Lipinski definition) is 1. The minimum Gasteiger partial charge on any atom is -0.494 e. The summed E-state index contributed by atoms with van der Waals surface area (Å²) in [7, 11) is 0. The summed E-state index contributed by atoms with van der Waals surface area (Å²) in [6.07, 6.45) is 1.16. The lowest BCUT2D eigenvalue weighted by atomic mass is 10.1. The molecule has 0 heterocycles. The third-order valence-electron chi connectivity index (χ3n) is 3.29. The second-order valence-corrected chi connectivity index (χ2v) is 5.20. The molecule has 0 aliphatic heterocycles. The fourth-order valence-corrected chi connectivity index (χ4v) is 2.18. The second kappa shape index (κ2) is 8.18. The Hall–Kier alpha value is -1.06. The summed E-state index contributed by atoms with van der Waals surface area (Å²) in [5.74, 6) is 0.910. The molecule has 0 saturated heterocycles. The molecule has 0 aliphatic carbocycles. The van der Waals surface area contributed by atoms with Crippen molar-refractivity contribution in [1.29, 1.82) is 0 Å². The Bertz CT molecular complexity index is 348. The summed E-state index contributed by atoms with van der Waals surface area (Å²) in [6.45, 7) is 11.3. The van der Waals surface area contributed by atoms with Crippen LogP contribution in [0.4, 0.5) is 0 Å². The van der Waals surface area contributed by atoms with Crippen molar-refractivity contribution >= 4 is 0 Å². The molecular weight excluding hydrogens is 236 g/mol. The molecule has 0 amide bonds. The molecule has 1 aromatic carbocycles. The largest absolute Gasteiger partial charge is 0.494 e. The van der Waals surface area contributed by atoms with Crippen LogP contribution in [0.15, 0.2) is 24.3 Å². The van der Waals surface area contributed by atoms with Crippen LogP contribution in [0.25, 0.3) is 0 Å². The molecule has 1 atom stereocenters. The standard InChI is InChI=1S/C16H28N2O/c1-5-11-18(13(3)4)12-16(17)14-7-9-15(10-8-14)19-6-2/h7-10,13,16H,5-6,11-12,17H2,1-4H3. The first-order chi connectivity index (χ1) is 9.08. The quantitative estimate of drug-likeness (QED) is 0.783. The van der Waals surface area contributed by atoms with Gasteiger partial charge in [-0.3, -0.25) is 4.90 Å². The van der Waals surface area contributed by atoms with Crippen molar-refractivity contribution in [1.82, 2.24) is 4.90 Å². The number of hydrogen-bond acceptors (Lipinski definition) is 3. The lowest BCUT2D eigenvalue weighted by Crippen LogP contribution is -2.37. The van der Waals surface area contributed by atoms with E-state index in [4.69, 9.17) is 10.5 Å². The van der Waals surface area contributed by atoms with E-state index in [2.05, 4.69) is 37.8 Å². The van der Waals surface area contributed by atoms with Crippen molar-refractivity contribution in [3.05, 3.63) is 29.8 Å². The Morgan fingerprint density at radius 2 is 1.79 bits per heavy atom. The number of rotatable bonds is 8. The fraction of sp³-hybridized carbons (Fsp3) is 0.625. The molecule has 0 saturated carbocycles. The topological polar surface area (TPSA) is 38.5 Å². The molecule has 1 unspecified atom stereocenters. The van der Waals surface area contributed by atoms with Gasteiger partial charge >= 0.3 is 0 Å². The predicted molar refractivity (Wildman–Crippen MR) is 81.5 cm³/mol. The first-order valence-corrected chi connectivity index (χ1v) is 7.30. The Morgan fingerprint density at radius 1 is 1.16 bits per heavy atom. The number of ether oxygens (including phenoxy) is 1. The van der Waals surface area contributed by atoms with Crippen molar-refractivity contribution in [2.24, 2.45) is 5.73 Å². The van der Waals surface area contributed by atoms with Crippen molar-refractivity contribution in [2.75, 3.05) is 19.7 Å². The maximum absolute atomic E-state index is 6.31. The van der Waals surface area contributed by atoms with Gasteiger partial charge in [0.2, 0.25) is 0 Å². The van der Waals surface area contributed by atoms with Gasteiger partial charge in [0, 0.05) is 18.6 Å². The van der Waals surface area contributed by atoms with Gasteiger partial charge in [-0.25, -0.2) is 0 Å². The highest BCUT2D eigenvalue weighted by molar-refractivity contribution is 5.29. The highest BCUT2D eigenvalue weighted by atomic mass is 16.5. The van der Waals surface area contributed by atoms with E-state index in [-0.39, 0.29) is 6.04 Å². The van der Waals surface area contributed by atoms with Crippen LogP contribution in [0.3, 0.4) is 0 Å². The van der Waals surface area contributed by atoms with Gasteiger partial charge in [0.15, 0.2) is 0 Å². The van der Waals surface area contributed by atoms with Gasteiger partial charge in [0.25, 0.3) is 0 Å². The van der Waals surface area contributed by atoms with Gasteiger partial charge in [0.1, 0.15) is 5.75 Å². The van der Waals surface area contributed by atoms with Crippen molar-refractivity contribution in [2.45, 2.75) is 46.2 Å². The van der Waals surface area contributed by atoms with E-state index in [1.165, 1.54) is 5.56 Å². The SMILES string of the molecule is CCCN(CC(N)c1ccc(OCC)cc1)C(C)C. The first kappa shape index (κ1) is 16.0. The van der Waals surface area contributed by atoms with E-state index < -0.39 is 0 Å². The van der Waals surface area contributed by atoms with E-state index >= 15 is 0 Å². The normalized spacial score (nSPS) is 13.0. The molecule has 0 aromatic heterocycles.